The van der Waals surface area contributed by atoms with E-state index in [-0.39, 0.29) is 0 Å². The fourth-order valence-electron chi connectivity index (χ4n) is 3.68. The molecule has 26 heavy (non-hydrogen) atoms. The molecule has 2 aliphatic rings. The molecule has 138 valence electrons. The van der Waals surface area contributed by atoms with E-state index in [1.165, 1.54) is 4.90 Å². The molecule has 2 saturated heterocycles. The van der Waals surface area contributed by atoms with Crippen molar-refractivity contribution in [3.63, 3.8) is 0 Å². The van der Waals surface area contributed by atoms with Crippen molar-refractivity contribution < 1.29 is 24.3 Å². The normalized spacial score (nSPS) is 25.5. The number of nitrogens with zero attached hydrogens (tertiary/aromatic N) is 2. The van der Waals surface area contributed by atoms with Crippen LogP contribution in [0.5, 0.6) is 0 Å². The van der Waals surface area contributed by atoms with E-state index in [9.17, 15) is 24.3 Å². The Morgan fingerprint density at radius 1 is 1.27 bits per heavy atom. The zero-order valence-corrected chi connectivity index (χ0v) is 14.5. The maximum absolute atomic E-state index is 13.0. The number of aliphatic carboxylic acids is 1. The highest BCUT2D eigenvalue weighted by atomic mass is 16.4. The molecule has 0 spiro atoms. The number of benzene rings is 1. The van der Waals surface area contributed by atoms with Crippen LogP contribution in [0.25, 0.3) is 0 Å². The van der Waals surface area contributed by atoms with Gasteiger partial charge < -0.3 is 15.3 Å². The molecule has 2 aliphatic heterocycles. The van der Waals surface area contributed by atoms with E-state index in [2.05, 4.69) is 5.32 Å². The van der Waals surface area contributed by atoms with Gasteiger partial charge in [-0.3, -0.25) is 14.5 Å². The molecule has 0 bridgehead atoms. The van der Waals surface area contributed by atoms with E-state index >= 15 is 0 Å². The summed E-state index contributed by atoms with van der Waals surface area (Å²) in [6, 6.07) is 7.36. The molecule has 3 rings (SSSR count). The second kappa shape index (κ2) is 6.78. The van der Waals surface area contributed by atoms with Gasteiger partial charge >= 0.3 is 12.0 Å². The van der Waals surface area contributed by atoms with Gasteiger partial charge in [-0.05, 0) is 24.8 Å². The molecule has 2 N–H and O–H groups in total. The van der Waals surface area contributed by atoms with Crippen LogP contribution in [0.3, 0.4) is 0 Å². The number of carbonyl (C=O) groups is 4. The zero-order valence-electron chi connectivity index (χ0n) is 14.5. The highest BCUT2D eigenvalue weighted by molar-refractivity contribution is 6.09. The highest BCUT2D eigenvalue weighted by Gasteiger charge is 2.52. The van der Waals surface area contributed by atoms with E-state index in [0.29, 0.717) is 31.4 Å². The Bertz CT molecular complexity index is 750. The molecule has 2 fully saturated rings. The number of amides is 4. The first-order valence-corrected chi connectivity index (χ1v) is 8.62. The number of imide groups is 1. The van der Waals surface area contributed by atoms with E-state index in [1.807, 2.05) is 6.07 Å². The third-order valence-electron chi connectivity index (χ3n) is 5.12. The van der Waals surface area contributed by atoms with Crippen molar-refractivity contribution >= 4 is 23.8 Å². The van der Waals surface area contributed by atoms with Crippen molar-refractivity contribution in [3.8, 4) is 0 Å². The minimum absolute atomic E-state index is 0.317. The maximum atomic E-state index is 13.0. The number of carboxylic acid groups (broad SMARTS) is 1. The Morgan fingerprint density at radius 2 is 1.96 bits per heavy atom. The van der Waals surface area contributed by atoms with Gasteiger partial charge in [-0.1, -0.05) is 37.3 Å². The van der Waals surface area contributed by atoms with Gasteiger partial charge in [0.1, 0.15) is 18.1 Å². The third-order valence-corrected chi connectivity index (χ3v) is 5.12. The minimum atomic E-state index is -1.20. The molecular weight excluding hydrogens is 338 g/mol. The van der Waals surface area contributed by atoms with Crippen molar-refractivity contribution in [2.75, 3.05) is 13.1 Å². The van der Waals surface area contributed by atoms with Gasteiger partial charge in [0.05, 0.1) is 0 Å². The topological polar surface area (TPSA) is 107 Å². The molecule has 2 atom stereocenters. The summed E-state index contributed by atoms with van der Waals surface area (Å²) in [5, 5.41) is 11.9. The molecular formula is C18H21N3O5. The number of hydrogen-bond acceptors (Lipinski definition) is 4. The molecule has 1 aromatic carbocycles. The van der Waals surface area contributed by atoms with Gasteiger partial charge in [-0.2, -0.15) is 0 Å². The van der Waals surface area contributed by atoms with Crippen LogP contribution >= 0.6 is 0 Å². The molecule has 0 radical (unpaired) electrons. The lowest BCUT2D eigenvalue weighted by molar-refractivity contribution is -0.149. The summed E-state index contributed by atoms with van der Waals surface area (Å²) in [6.45, 7) is 1.65. The lowest BCUT2D eigenvalue weighted by atomic mass is 9.87. The summed E-state index contributed by atoms with van der Waals surface area (Å²) in [7, 11) is 0. The Kier molecular flexibility index (Phi) is 4.67. The molecule has 4 amide bonds. The molecule has 8 heteroatoms. The van der Waals surface area contributed by atoms with E-state index in [0.717, 1.165) is 4.90 Å². The summed E-state index contributed by atoms with van der Waals surface area (Å²) in [5.74, 6) is -2.09. The first-order valence-electron chi connectivity index (χ1n) is 8.62. The van der Waals surface area contributed by atoms with Crippen LogP contribution in [-0.4, -0.2) is 57.9 Å². The standard InChI is InChI=1S/C18H21N3O5/c1-2-18(12-7-4-3-5-8-12)16(25)21(17(26)19-18)11-14(22)20-10-6-9-13(20)15(23)24/h3-5,7-8,13H,2,6,9-11H2,1H3,(H,19,26)(H,23,24)/t13-,18-/m0/s1. The molecule has 0 saturated carbocycles. The third kappa shape index (κ3) is 2.81. The molecule has 0 aromatic heterocycles. The quantitative estimate of drug-likeness (QED) is 0.760. The summed E-state index contributed by atoms with van der Waals surface area (Å²) < 4.78 is 0. The first-order chi connectivity index (χ1) is 12.4. The molecule has 0 unspecified atom stereocenters. The van der Waals surface area contributed by atoms with Crippen LogP contribution in [0.4, 0.5) is 4.79 Å². The van der Waals surface area contributed by atoms with E-state index < -0.39 is 41.9 Å². The first kappa shape index (κ1) is 17.9. The van der Waals surface area contributed by atoms with Gasteiger partial charge in [0.25, 0.3) is 5.91 Å². The van der Waals surface area contributed by atoms with Crippen LogP contribution in [-0.2, 0) is 19.9 Å². The van der Waals surface area contributed by atoms with Crippen molar-refractivity contribution in [3.05, 3.63) is 35.9 Å². The predicted molar refractivity (Wildman–Crippen MR) is 91.0 cm³/mol. The molecule has 2 heterocycles. The zero-order chi connectivity index (χ0) is 18.9. The Balaban J connectivity index is 1.81. The number of urea groups is 1. The van der Waals surface area contributed by atoms with Gasteiger partial charge in [0.15, 0.2) is 0 Å². The average Bonchev–Trinajstić information content (AvgIpc) is 3.22. The number of likely N-dealkylation sites (tertiary alicyclic amines) is 1. The van der Waals surface area contributed by atoms with Crippen LogP contribution in [0.2, 0.25) is 0 Å². The summed E-state index contributed by atoms with van der Waals surface area (Å²) in [5.41, 5.74) is -0.545. The van der Waals surface area contributed by atoms with Crippen LogP contribution < -0.4 is 5.32 Å². The smallest absolute Gasteiger partial charge is 0.326 e. The van der Waals surface area contributed by atoms with Gasteiger partial charge in [0, 0.05) is 6.54 Å². The summed E-state index contributed by atoms with van der Waals surface area (Å²) >= 11 is 0. The summed E-state index contributed by atoms with van der Waals surface area (Å²) in [6.07, 6.45) is 1.31. The number of hydrogen-bond donors (Lipinski definition) is 2. The maximum Gasteiger partial charge on any atom is 0.326 e. The molecule has 0 aliphatic carbocycles. The minimum Gasteiger partial charge on any atom is -0.480 e. The Morgan fingerprint density at radius 3 is 2.58 bits per heavy atom. The lowest BCUT2D eigenvalue weighted by Crippen LogP contribution is -2.48. The number of rotatable bonds is 5. The number of carbonyl (C=O) groups excluding carboxylic acids is 3. The fraction of sp³-hybridized carbons (Fsp3) is 0.444. The fourth-order valence-corrected chi connectivity index (χ4v) is 3.68. The Hall–Kier alpha value is -2.90. The molecule has 8 nitrogen and oxygen atoms in total. The molecule has 1 aromatic rings. The number of nitrogens with one attached hydrogen (secondary N) is 1. The lowest BCUT2D eigenvalue weighted by Gasteiger charge is -2.26. The second-order valence-corrected chi connectivity index (χ2v) is 6.53. The van der Waals surface area contributed by atoms with Gasteiger partial charge in [0.2, 0.25) is 5.91 Å². The SMILES string of the molecule is CC[C@@]1(c2ccccc2)NC(=O)N(CC(=O)N2CCC[C@H]2C(=O)O)C1=O. The van der Waals surface area contributed by atoms with Crippen molar-refractivity contribution in [1.29, 1.82) is 0 Å². The second-order valence-electron chi connectivity index (χ2n) is 6.53. The van der Waals surface area contributed by atoms with Crippen molar-refractivity contribution in [2.24, 2.45) is 0 Å². The van der Waals surface area contributed by atoms with Gasteiger partial charge in [-0.15, -0.1) is 0 Å². The average molecular weight is 359 g/mol. The van der Waals surface area contributed by atoms with Crippen molar-refractivity contribution in [2.45, 2.75) is 37.8 Å². The predicted octanol–water partition coefficient (Wildman–Crippen LogP) is 0.919. The van der Waals surface area contributed by atoms with Gasteiger partial charge in [-0.25, -0.2) is 9.59 Å². The monoisotopic (exact) mass is 359 g/mol. The van der Waals surface area contributed by atoms with Crippen LogP contribution in [0.15, 0.2) is 30.3 Å². The van der Waals surface area contributed by atoms with E-state index in [4.69, 9.17) is 0 Å². The van der Waals surface area contributed by atoms with Crippen LogP contribution in [0.1, 0.15) is 31.7 Å². The van der Waals surface area contributed by atoms with Crippen LogP contribution in [0, 0.1) is 0 Å². The highest BCUT2D eigenvalue weighted by Crippen LogP contribution is 2.32. The summed E-state index contributed by atoms with van der Waals surface area (Å²) in [4.78, 5) is 51.3. The van der Waals surface area contributed by atoms with Crippen molar-refractivity contribution in [1.82, 2.24) is 15.1 Å². The Labute approximate surface area is 150 Å². The van der Waals surface area contributed by atoms with E-state index in [1.54, 1.807) is 31.2 Å². The largest absolute Gasteiger partial charge is 0.480 e. The number of carboxylic acids is 1.